The van der Waals surface area contributed by atoms with Gasteiger partial charge in [0.15, 0.2) is 0 Å². The monoisotopic (exact) mass is 390 g/mol. The Balaban J connectivity index is 2.04. The molecule has 0 atom stereocenters. The van der Waals surface area contributed by atoms with E-state index in [-0.39, 0.29) is 46.7 Å². The minimum atomic E-state index is -4.08. The van der Waals surface area contributed by atoms with Crippen molar-refractivity contribution in [3.63, 3.8) is 0 Å². The van der Waals surface area contributed by atoms with Crippen molar-refractivity contribution in [1.29, 1.82) is 0 Å². The maximum atomic E-state index is 12.9. The van der Waals surface area contributed by atoms with E-state index in [1.807, 2.05) is 0 Å². The van der Waals surface area contributed by atoms with Crippen LogP contribution in [0.3, 0.4) is 0 Å². The van der Waals surface area contributed by atoms with Crippen LogP contribution >= 0.6 is 0 Å². The molecule has 0 aromatic heterocycles. The van der Waals surface area contributed by atoms with Gasteiger partial charge in [0.25, 0.3) is 10.0 Å². The molecule has 1 fully saturated rings. The highest BCUT2D eigenvalue weighted by atomic mass is 32.2. The fourth-order valence-electron chi connectivity index (χ4n) is 2.81. The van der Waals surface area contributed by atoms with E-state index < -0.39 is 10.0 Å². The lowest BCUT2D eigenvalue weighted by Gasteiger charge is -2.18. The van der Waals surface area contributed by atoms with Gasteiger partial charge in [-0.25, -0.2) is 8.42 Å². The molecule has 27 heavy (non-hydrogen) atoms. The van der Waals surface area contributed by atoms with Crippen LogP contribution in [0.15, 0.2) is 47.4 Å². The third kappa shape index (κ3) is 3.59. The van der Waals surface area contributed by atoms with Gasteiger partial charge in [0, 0.05) is 12.8 Å². The summed E-state index contributed by atoms with van der Waals surface area (Å²) in [5.41, 5.74) is 0.435. The van der Waals surface area contributed by atoms with E-state index in [0.717, 1.165) is 4.90 Å². The van der Waals surface area contributed by atoms with Gasteiger partial charge in [-0.2, -0.15) is 0 Å². The van der Waals surface area contributed by atoms with Crippen molar-refractivity contribution in [1.82, 2.24) is 0 Å². The molecule has 1 aliphatic heterocycles. The van der Waals surface area contributed by atoms with E-state index in [0.29, 0.717) is 5.75 Å². The lowest BCUT2D eigenvalue weighted by atomic mass is 10.2. The van der Waals surface area contributed by atoms with E-state index in [2.05, 4.69) is 4.72 Å². The molecule has 1 N–H and O–H groups in total. The Morgan fingerprint density at radius 3 is 2.19 bits per heavy atom. The number of ether oxygens (including phenoxy) is 2. The highest BCUT2D eigenvalue weighted by molar-refractivity contribution is 7.92. The Morgan fingerprint density at radius 2 is 1.56 bits per heavy atom. The number of anilines is 2. The van der Waals surface area contributed by atoms with E-state index in [4.69, 9.17) is 9.47 Å². The van der Waals surface area contributed by atoms with Gasteiger partial charge in [-0.15, -0.1) is 0 Å². The third-order valence-corrected chi connectivity index (χ3v) is 5.48. The fourth-order valence-corrected chi connectivity index (χ4v) is 4.07. The number of sulfonamides is 1. The van der Waals surface area contributed by atoms with Crippen LogP contribution in [0.4, 0.5) is 11.4 Å². The summed E-state index contributed by atoms with van der Waals surface area (Å²) in [6.45, 7) is 0. The minimum Gasteiger partial charge on any atom is -0.495 e. The molecular weight excluding hydrogens is 372 g/mol. The van der Waals surface area contributed by atoms with Crippen molar-refractivity contribution in [3.8, 4) is 11.5 Å². The van der Waals surface area contributed by atoms with Crippen molar-refractivity contribution < 1.29 is 27.5 Å². The Hall–Kier alpha value is -3.07. The number of hydrogen-bond acceptors (Lipinski definition) is 6. The number of benzene rings is 2. The van der Waals surface area contributed by atoms with Gasteiger partial charge in [0.2, 0.25) is 11.8 Å². The zero-order valence-electron chi connectivity index (χ0n) is 14.8. The molecule has 8 nitrogen and oxygen atoms in total. The number of rotatable bonds is 6. The van der Waals surface area contributed by atoms with Crippen LogP contribution < -0.4 is 19.1 Å². The molecule has 0 saturated carbocycles. The van der Waals surface area contributed by atoms with Crippen molar-refractivity contribution >= 4 is 33.2 Å². The summed E-state index contributed by atoms with van der Waals surface area (Å²) < 4.78 is 38.7. The average molecular weight is 390 g/mol. The summed E-state index contributed by atoms with van der Waals surface area (Å²) in [4.78, 5) is 24.7. The normalized spacial score (nSPS) is 14.4. The van der Waals surface area contributed by atoms with E-state index in [1.165, 1.54) is 32.4 Å². The van der Waals surface area contributed by atoms with E-state index in [1.54, 1.807) is 24.3 Å². The molecule has 0 radical (unpaired) electrons. The predicted octanol–water partition coefficient (Wildman–Crippen LogP) is 2.16. The van der Waals surface area contributed by atoms with Crippen LogP contribution in [0.25, 0.3) is 0 Å². The SMILES string of the molecule is COc1ccccc1NS(=O)(=O)c1cc(N2C(=O)CCC2=O)ccc1OC. The van der Waals surface area contributed by atoms with Gasteiger partial charge >= 0.3 is 0 Å². The summed E-state index contributed by atoms with van der Waals surface area (Å²) in [5, 5.41) is 0. The number of para-hydroxylation sites is 2. The zero-order chi connectivity index (χ0) is 19.6. The smallest absolute Gasteiger partial charge is 0.265 e. The summed E-state index contributed by atoms with van der Waals surface area (Å²) in [7, 11) is -1.31. The average Bonchev–Trinajstić information content (AvgIpc) is 2.99. The summed E-state index contributed by atoms with van der Waals surface area (Å²) in [5.74, 6) is -0.307. The summed E-state index contributed by atoms with van der Waals surface area (Å²) >= 11 is 0. The van der Waals surface area contributed by atoms with Crippen LogP contribution in [0.5, 0.6) is 11.5 Å². The second kappa shape index (κ2) is 7.28. The molecule has 1 heterocycles. The zero-order valence-corrected chi connectivity index (χ0v) is 15.6. The highest BCUT2D eigenvalue weighted by Crippen LogP contribution is 2.33. The number of methoxy groups -OCH3 is 2. The summed E-state index contributed by atoms with van der Waals surface area (Å²) in [6, 6.07) is 10.7. The summed E-state index contributed by atoms with van der Waals surface area (Å²) in [6.07, 6.45) is 0.207. The third-order valence-electron chi connectivity index (χ3n) is 4.10. The van der Waals surface area contributed by atoms with Gasteiger partial charge in [-0.05, 0) is 30.3 Å². The second-order valence-electron chi connectivity index (χ2n) is 5.76. The number of carbonyl (C=O) groups is 2. The maximum absolute atomic E-state index is 12.9. The van der Waals surface area contributed by atoms with E-state index >= 15 is 0 Å². The van der Waals surface area contributed by atoms with Crippen LogP contribution in [0.2, 0.25) is 0 Å². The minimum absolute atomic E-state index is 0.0836. The number of nitrogens with zero attached hydrogens (tertiary/aromatic N) is 1. The Bertz CT molecular complexity index is 987. The molecule has 0 aliphatic carbocycles. The van der Waals surface area contributed by atoms with Crippen LogP contribution in [0.1, 0.15) is 12.8 Å². The van der Waals surface area contributed by atoms with Crippen LogP contribution in [-0.4, -0.2) is 34.5 Å². The first-order valence-corrected chi connectivity index (χ1v) is 9.55. The van der Waals surface area contributed by atoms with Gasteiger partial charge in [-0.3, -0.25) is 19.2 Å². The quantitative estimate of drug-likeness (QED) is 0.759. The highest BCUT2D eigenvalue weighted by Gasteiger charge is 2.32. The topological polar surface area (TPSA) is 102 Å². The molecule has 2 aromatic rings. The number of carbonyl (C=O) groups excluding carboxylic acids is 2. The number of imide groups is 1. The number of hydrogen-bond donors (Lipinski definition) is 1. The molecular formula is C18H18N2O6S. The number of amides is 2. The van der Waals surface area contributed by atoms with Crippen molar-refractivity contribution in [2.75, 3.05) is 23.8 Å². The maximum Gasteiger partial charge on any atom is 0.265 e. The van der Waals surface area contributed by atoms with Gasteiger partial charge in [-0.1, -0.05) is 12.1 Å². The van der Waals surface area contributed by atoms with Gasteiger partial charge < -0.3 is 9.47 Å². The standard InChI is InChI=1S/C18H18N2O6S/c1-25-14-6-4-3-5-13(14)19-27(23,24)16-11-12(7-8-15(16)26-2)20-17(21)9-10-18(20)22/h3-8,11,19H,9-10H2,1-2H3. The first-order valence-electron chi connectivity index (χ1n) is 8.07. The fraction of sp³-hybridized carbons (Fsp3) is 0.222. The van der Waals surface area contributed by atoms with Crippen molar-refractivity contribution in [2.24, 2.45) is 0 Å². The van der Waals surface area contributed by atoms with Crippen molar-refractivity contribution in [3.05, 3.63) is 42.5 Å². The molecule has 0 unspecified atom stereocenters. The molecule has 3 rings (SSSR count). The molecule has 0 bridgehead atoms. The predicted molar refractivity (Wildman–Crippen MR) is 98.5 cm³/mol. The Morgan fingerprint density at radius 1 is 0.926 bits per heavy atom. The molecule has 1 saturated heterocycles. The lowest BCUT2D eigenvalue weighted by Crippen LogP contribution is -2.28. The molecule has 0 spiro atoms. The van der Waals surface area contributed by atoms with Crippen LogP contribution in [-0.2, 0) is 19.6 Å². The lowest BCUT2D eigenvalue weighted by molar-refractivity contribution is -0.121. The molecule has 2 amide bonds. The van der Waals surface area contributed by atoms with E-state index in [9.17, 15) is 18.0 Å². The number of nitrogens with one attached hydrogen (secondary N) is 1. The first kappa shape index (κ1) is 18.7. The Labute approximate surface area is 156 Å². The van der Waals surface area contributed by atoms with Gasteiger partial charge in [0.05, 0.1) is 25.6 Å². The molecule has 1 aliphatic rings. The Kier molecular flexibility index (Phi) is 5.04. The second-order valence-corrected chi connectivity index (χ2v) is 7.41. The largest absolute Gasteiger partial charge is 0.495 e. The van der Waals surface area contributed by atoms with Gasteiger partial charge in [0.1, 0.15) is 16.4 Å². The van der Waals surface area contributed by atoms with Crippen LogP contribution in [0, 0.1) is 0 Å². The molecule has 142 valence electrons. The first-order chi connectivity index (χ1) is 12.9. The van der Waals surface area contributed by atoms with Crippen molar-refractivity contribution in [2.45, 2.75) is 17.7 Å². The molecule has 9 heteroatoms. The molecule has 2 aromatic carbocycles.